The van der Waals surface area contributed by atoms with Gasteiger partial charge in [0, 0.05) is 6.07 Å². The van der Waals surface area contributed by atoms with Gasteiger partial charge in [-0.15, -0.1) is 0 Å². The average molecular weight is 396 g/mol. The maximum atomic E-state index is 8.66. The Morgan fingerprint density at radius 2 is 1.53 bits per heavy atom. The lowest BCUT2D eigenvalue weighted by Crippen LogP contribution is -2.31. The van der Waals surface area contributed by atoms with Crippen molar-refractivity contribution in [3.63, 3.8) is 0 Å². The molecule has 0 aliphatic heterocycles. The minimum Gasteiger partial charge on any atom is -0.200 e. The summed E-state index contributed by atoms with van der Waals surface area (Å²) in [6, 6.07) is 24.0. The molecule has 1 heterocycles. The molecule has 1 aromatic heterocycles. The van der Waals surface area contributed by atoms with E-state index in [1.807, 2.05) is 17.7 Å². The molecule has 0 saturated carbocycles. The fourth-order valence-corrected chi connectivity index (χ4v) is 4.39. The maximum absolute atomic E-state index is 8.66. The smallest absolute Gasteiger partial charge is 0.200 e. The fraction of sp³-hybridized carbons (Fsp3) is 0.276. The predicted octanol–water partition coefficient (Wildman–Crippen LogP) is 7.55. The molecule has 0 amide bonds. The molecule has 0 spiro atoms. The zero-order valence-corrected chi connectivity index (χ0v) is 19.0. The number of aromatic nitrogens is 1. The Balaban J connectivity index is 2.07. The normalized spacial score (nSPS) is 12.1. The lowest BCUT2D eigenvalue weighted by molar-refractivity contribution is -0.659. The van der Waals surface area contributed by atoms with E-state index in [4.69, 9.17) is 1.37 Å². The molecule has 1 nitrogen and oxygen atoms in total. The van der Waals surface area contributed by atoms with Crippen LogP contribution in [0.3, 0.4) is 0 Å². The summed E-state index contributed by atoms with van der Waals surface area (Å²) in [5.74, 6) is 0.886. The first kappa shape index (κ1) is 19.1. The van der Waals surface area contributed by atoms with E-state index in [9.17, 15) is 0 Å². The van der Waals surface area contributed by atoms with Crippen molar-refractivity contribution in [3.05, 3.63) is 89.6 Å². The number of benzene rings is 3. The van der Waals surface area contributed by atoms with E-state index in [1.165, 1.54) is 38.8 Å². The maximum Gasteiger partial charge on any atom is 0.220 e. The van der Waals surface area contributed by atoms with Gasteiger partial charge in [0.15, 0.2) is 6.17 Å². The number of nitrogens with zero attached hydrogens (tertiary/aromatic N) is 1. The van der Waals surface area contributed by atoms with E-state index >= 15 is 0 Å². The van der Waals surface area contributed by atoms with Gasteiger partial charge in [0.05, 0.1) is 10.9 Å². The Labute approximate surface area is 182 Å². The summed E-state index contributed by atoms with van der Waals surface area (Å²) in [7, 11) is 2.01. The first-order valence-corrected chi connectivity index (χ1v) is 10.9. The summed E-state index contributed by atoms with van der Waals surface area (Å²) in [5, 5.41) is 2.34. The third-order valence-corrected chi connectivity index (χ3v) is 6.18. The van der Waals surface area contributed by atoms with Gasteiger partial charge in [-0.3, -0.25) is 0 Å². The average Bonchev–Trinajstić information content (AvgIpc) is 2.75. The number of fused-ring (bicyclic) bond motifs is 1. The highest BCUT2D eigenvalue weighted by Gasteiger charge is 2.21. The van der Waals surface area contributed by atoms with E-state index in [1.54, 1.807) is 0 Å². The molecule has 0 unspecified atom stereocenters. The minimum absolute atomic E-state index is 0.422. The molecule has 0 aliphatic rings. The number of hydrogen-bond acceptors (Lipinski definition) is 0. The van der Waals surface area contributed by atoms with Gasteiger partial charge in [0.1, 0.15) is 8.42 Å². The van der Waals surface area contributed by atoms with Crippen LogP contribution in [0.25, 0.3) is 33.2 Å². The van der Waals surface area contributed by atoms with E-state index < -0.39 is 0 Å². The van der Waals surface area contributed by atoms with E-state index in [2.05, 4.69) is 95.3 Å². The van der Waals surface area contributed by atoms with Crippen LogP contribution >= 0.6 is 0 Å². The summed E-state index contributed by atoms with van der Waals surface area (Å²) in [6.45, 7) is 11.2. The van der Waals surface area contributed by atoms with Gasteiger partial charge < -0.3 is 0 Å². The Morgan fingerprint density at radius 3 is 2.20 bits per heavy atom. The second kappa shape index (κ2) is 8.07. The van der Waals surface area contributed by atoms with Crippen LogP contribution in [0, 0.1) is 6.92 Å². The van der Waals surface area contributed by atoms with Crippen molar-refractivity contribution in [3.8, 4) is 22.4 Å². The van der Waals surface area contributed by atoms with Crippen molar-refractivity contribution < 1.29 is 5.94 Å². The Morgan fingerprint density at radius 1 is 0.800 bits per heavy atom. The monoisotopic (exact) mass is 395 g/mol. The molecular weight excluding hydrogens is 362 g/mol. The first-order valence-electron chi connectivity index (χ1n) is 11.4. The van der Waals surface area contributed by atoms with Crippen molar-refractivity contribution >= 4 is 10.8 Å². The van der Waals surface area contributed by atoms with Gasteiger partial charge in [-0.05, 0) is 64.1 Å². The zero-order chi connectivity index (χ0) is 22.3. The summed E-state index contributed by atoms with van der Waals surface area (Å²) in [5.41, 5.74) is 8.75. The number of rotatable bonds is 4. The molecule has 0 saturated heterocycles. The van der Waals surface area contributed by atoms with E-state index in [0.717, 1.165) is 11.1 Å². The molecule has 30 heavy (non-hydrogen) atoms. The fourth-order valence-electron chi connectivity index (χ4n) is 4.39. The molecule has 152 valence electrons. The van der Waals surface area contributed by atoms with Crippen molar-refractivity contribution in [2.75, 3.05) is 0 Å². The molecule has 0 bridgehead atoms. The summed E-state index contributed by atoms with van der Waals surface area (Å²) in [6.07, 6.45) is 0.527. The number of hydrogen-bond donors (Lipinski definition) is 0. The zero-order valence-electron chi connectivity index (χ0n) is 20.0. The highest BCUT2D eigenvalue weighted by atomic mass is 14.9. The predicted molar refractivity (Wildman–Crippen MR) is 129 cm³/mol. The third kappa shape index (κ3) is 3.65. The quantitative estimate of drug-likeness (QED) is 0.314. The van der Waals surface area contributed by atoms with Crippen LogP contribution in [-0.4, -0.2) is 0 Å². The summed E-state index contributed by atoms with van der Waals surface area (Å²) in [4.78, 5) is 0. The Hall–Kier alpha value is -2.93. The summed E-state index contributed by atoms with van der Waals surface area (Å²) < 4.78 is 10.7. The van der Waals surface area contributed by atoms with E-state index in [0.29, 0.717) is 18.0 Å². The SMILES string of the molecule is [2H]c1cc2cc(C(C)C)ccc2c(-c2cc(-c3ccccc3)cc(C(C)C)c2C)[n+]1C. The van der Waals surface area contributed by atoms with E-state index in [-0.39, 0.29) is 0 Å². The van der Waals surface area contributed by atoms with Crippen molar-refractivity contribution in [2.24, 2.45) is 7.05 Å². The van der Waals surface area contributed by atoms with Crippen LogP contribution in [0.4, 0.5) is 0 Å². The standard InChI is InChI=1S/C29H32N/c1-19(2)23-12-13-26-24(16-23)14-15-30(6)29(26)28-18-25(22-10-8-7-9-11-22)17-27(20(3)4)21(28)5/h7-20H,1-6H3/q+1/i15D. The molecular formula is C29H32N+. The molecule has 4 aromatic rings. The van der Waals surface area contributed by atoms with Crippen LogP contribution < -0.4 is 4.57 Å². The molecule has 0 radical (unpaired) electrons. The largest absolute Gasteiger partial charge is 0.220 e. The van der Waals surface area contributed by atoms with Gasteiger partial charge in [-0.1, -0.05) is 76.2 Å². The third-order valence-electron chi connectivity index (χ3n) is 6.18. The van der Waals surface area contributed by atoms with Crippen LogP contribution in [0.1, 0.15) is 57.6 Å². The molecule has 1 heteroatoms. The molecule has 0 fully saturated rings. The highest BCUT2D eigenvalue weighted by Crippen LogP contribution is 2.36. The lowest BCUT2D eigenvalue weighted by atomic mass is 9.87. The minimum atomic E-state index is 0.422. The van der Waals surface area contributed by atoms with Gasteiger partial charge in [0.25, 0.3) is 0 Å². The first-order chi connectivity index (χ1) is 14.8. The van der Waals surface area contributed by atoms with Gasteiger partial charge in [0.2, 0.25) is 5.69 Å². The Kier molecular flexibility index (Phi) is 5.12. The van der Waals surface area contributed by atoms with Gasteiger partial charge in [-0.2, -0.15) is 0 Å². The van der Waals surface area contributed by atoms with Gasteiger partial charge >= 0.3 is 0 Å². The molecule has 0 atom stereocenters. The molecule has 4 rings (SSSR count). The number of pyridine rings is 1. The van der Waals surface area contributed by atoms with Crippen LogP contribution in [0.15, 0.2) is 72.9 Å². The molecule has 0 aliphatic carbocycles. The van der Waals surface area contributed by atoms with Crippen LogP contribution in [0.5, 0.6) is 0 Å². The second-order valence-corrected chi connectivity index (χ2v) is 8.94. The summed E-state index contributed by atoms with van der Waals surface area (Å²) >= 11 is 0. The molecule has 3 aromatic carbocycles. The van der Waals surface area contributed by atoms with Crippen molar-refractivity contribution in [1.29, 1.82) is 0 Å². The lowest BCUT2D eigenvalue weighted by Gasteiger charge is -2.17. The van der Waals surface area contributed by atoms with Crippen LogP contribution in [0.2, 0.25) is 0 Å². The molecule has 0 N–H and O–H groups in total. The van der Waals surface area contributed by atoms with Gasteiger partial charge in [-0.25, -0.2) is 4.57 Å². The second-order valence-electron chi connectivity index (χ2n) is 8.94. The highest BCUT2D eigenvalue weighted by molar-refractivity contribution is 5.95. The van der Waals surface area contributed by atoms with Crippen molar-refractivity contribution in [1.82, 2.24) is 0 Å². The Bertz CT molecular complexity index is 1250. The topological polar surface area (TPSA) is 3.88 Å². The van der Waals surface area contributed by atoms with Crippen LogP contribution in [-0.2, 0) is 7.05 Å². The van der Waals surface area contributed by atoms with Crippen molar-refractivity contribution in [2.45, 2.75) is 46.5 Å².